The van der Waals surface area contributed by atoms with Crippen LogP contribution < -0.4 is 11.1 Å². The minimum atomic E-state index is -0.590. The van der Waals surface area contributed by atoms with Crippen molar-refractivity contribution in [2.24, 2.45) is 11.1 Å². The first kappa shape index (κ1) is 10.7. The van der Waals surface area contributed by atoms with Gasteiger partial charge in [-0.2, -0.15) is 0 Å². The number of rotatable bonds is 3. The van der Waals surface area contributed by atoms with Gasteiger partial charge >= 0.3 is 0 Å². The molecular formula is C9H15N3O2. The van der Waals surface area contributed by atoms with E-state index in [1.165, 1.54) is 0 Å². The third kappa shape index (κ3) is 2.32. The minimum absolute atomic E-state index is 0.159. The van der Waals surface area contributed by atoms with E-state index in [1.807, 2.05) is 0 Å². The van der Waals surface area contributed by atoms with Crippen LogP contribution in [0.2, 0.25) is 0 Å². The largest absolute Gasteiger partial charge is 0.360 e. The van der Waals surface area contributed by atoms with E-state index >= 15 is 0 Å². The molecular weight excluding hydrogens is 182 g/mol. The zero-order valence-electron chi connectivity index (χ0n) is 8.63. The molecule has 5 heteroatoms. The molecule has 1 aromatic rings. The van der Waals surface area contributed by atoms with Crippen molar-refractivity contribution in [1.82, 2.24) is 5.16 Å². The number of amides is 1. The van der Waals surface area contributed by atoms with Gasteiger partial charge < -0.3 is 15.6 Å². The van der Waals surface area contributed by atoms with E-state index < -0.39 is 5.41 Å². The van der Waals surface area contributed by atoms with Gasteiger partial charge in [-0.1, -0.05) is 5.16 Å². The van der Waals surface area contributed by atoms with Crippen molar-refractivity contribution in [2.75, 3.05) is 11.9 Å². The molecule has 0 spiro atoms. The Morgan fingerprint density at radius 1 is 1.71 bits per heavy atom. The van der Waals surface area contributed by atoms with E-state index in [2.05, 4.69) is 10.5 Å². The average Bonchev–Trinajstić information content (AvgIpc) is 2.51. The first-order chi connectivity index (χ1) is 6.45. The molecule has 3 N–H and O–H groups in total. The highest BCUT2D eigenvalue weighted by atomic mass is 16.5. The van der Waals surface area contributed by atoms with Crippen LogP contribution in [0, 0.1) is 12.3 Å². The predicted molar refractivity (Wildman–Crippen MR) is 52.7 cm³/mol. The van der Waals surface area contributed by atoms with Crippen molar-refractivity contribution >= 4 is 11.7 Å². The van der Waals surface area contributed by atoms with E-state index in [4.69, 9.17) is 10.3 Å². The van der Waals surface area contributed by atoms with Crippen molar-refractivity contribution in [2.45, 2.75) is 20.8 Å². The summed E-state index contributed by atoms with van der Waals surface area (Å²) in [7, 11) is 0. The number of aryl methyl sites for hydroxylation is 1. The Balaban J connectivity index is 2.66. The lowest BCUT2D eigenvalue weighted by Gasteiger charge is -2.19. The van der Waals surface area contributed by atoms with Gasteiger partial charge in [0.2, 0.25) is 5.91 Å². The van der Waals surface area contributed by atoms with Gasteiger partial charge in [-0.3, -0.25) is 4.79 Å². The fraction of sp³-hybridized carbons (Fsp3) is 0.556. The summed E-state index contributed by atoms with van der Waals surface area (Å²) in [6.45, 7) is 5.59. The average molecular weight is 197 g/mol. The molecule has 0 unspecified atom stereocenters. The molecule has 0 aliphatic heterocycles. The summed E-state index contributed by atoms with van der Waals surface area (Å²) in [6.07, 6.45) is 0. The van der Waals surface area contributed by atoms with Gasteiger partial charge in [-0.05, 0) is 20.8 Å². The number of nitrogens with one attached hydrogen (secondary N) is 1. The number of anilines is 1. The minimum Gasteiger partial charge on any atom is -0.360 e. The van der Waals surface area contributed by atoms with E-state index in [9.17, 15) is 4.79 Å². The van der Waals surface area contributed by atoms with Crippen molar-refractivity contribution in [3.05, 3.63) is 11.8 Å². The van der Waals surface area contributed by atoms with Gasteiger partial charge in [0.15, 0.2) is 5.82 Å². The maximum atomic E-state index is 11.6. The van der Waals surface area contributed by atoms with Crippen molar-refractivity contribution in [3.8, 4) is 0 Å². The summed E-state index contributed by atoms with van der Waals surface area (Å²) < 4.78 is 4.82. The molecule has 1 aromatic heterocycles. The molecule has 0 bridgehead atoms. The lowest BCUT2D eigenvalue weighted by Crippen LogP contribution is -2.37. The van der Waals surface area contributed by atoms with Crippen molar-refractivity contribution in [1.29, 1.82) is 0 Å². The fourth-order valence-electron chi connectivity index (χ4n) is 0.804. The standard InChI is InChI=1S/C9H15N3O2/c1-6-4-7(12-14-6)11-8(13)9(2,3)5-10/h4H,5,10H2,1-3H3,(H,11,12,13). The van der Waals surface area contributed by atoms with Crippen LogP contribution in [0.15, 0.2) is 10.6 Å². The number of aromatic nitrogens is 1. The SMILES string of the molecule is Cc1cc(NC(=O)C(C)(C)CN)no1. The second kappa shape index (κ2) is 3.79. The van der Waals surface area contributed by atoms with Crippen LogP contribution in [-0.4, -0.2) is 17.6 Å². The van der Waals surface area contributed by atoms with Gasteiger partial charge in [0, 0.05) is 12.6 Å². The molecule has 0 aromatic carbocycles. The first-order valence-corrected chi connectivity index (χ1v) is 4.40. The molecule has 78 valence electrons. The Hall–Kier alpha value is -1.36. The highest BCUT2D eigenvalue weighted by Gasteiger charge is 2.26. The third-order valence-electron chi connectivity index (χ3n) is 1.99. The quantitative estimate of drug-likeness (QED) is 0.754. The molecule has 0 saturated carbocycles. The van der Waals surface area contributed by atoms with Crippen LogP contribution in [0.3, 0.4) is 0 Å². The highest BCUT2D eigenvalue weighted by molar-refractivity contribution is 5.94. The summed E-state index contributed by atoms with van der Waals surface area (Å²) in [5.41, 5.74) is 4.87. The van der Waals surface area contributed by atoms with Crippen LogP contribution in [0.25, 0.3) is 0 Å². The van der Waals surface area contributed by atoms with Gasteiger partial charge in [-0.15, -0.1) is 0 Å². The number of hydrogen-bond donors (Lipinski definition) is 2. The number of carbonyl (C=O) groups is 1. The molecule has 5 nitrogen and oxygen atoms in total. The Labute approximate surface area is 82.6 Å². The lowest BCUT2D eigenvalue weighted by molar-refractivity contribution is -0.123. The number of nitrogens with zero attached hydrogens (tertiary/aromatic N) is 1. The third-order valence-corrected chi connectivity index (χ3v) is 1.99. The zero-order valence-corrected chi connectivity index (χ0v) is 8.63. The second-order valence-corrected chi connectivity index (χ2v) is 3.86. The Morgan fingerprint density at radius 3 is 2.79 bits per heavy atom. The molecule has 0 atom stereocenters. The van der Waals surface area contributed by atoms with E-state index in [1.54, 1.807) is 26.8 Å². The summed E-state index contributed by atoms with van der Waals surface area (Å²) >= 11 is 0. The molecule has 1 rings (SSSR count). The molecule has 0 aliphatic carbocycles. The van der Waals surface area contributed by atoms with E-state index in [-0.39, 0.29) is 12.5 Å². The Kier molecular flexibility index (Phi) is 2.90. The first-order valence-electron chi connectivity index (χ1n) is 4.40. The van der Waals surface area contributed by atoms with Gasteiger partial charge in [0.25, 0.3) is 0 Å². The maximum Gasteiger partial charge on any atom is 0.232 e. The van der Waals surface area contributed by atoms with Crippen molar-refractivity contribution in [3.63, 3.8) is 0 Å². The van der Waals surface area contributed by atoms with Crippen LogP contribution in [0.1, 0.15) is 19.6 Å². The maximum absolute atomic E-state index is 11.6. The lowest BCUT2D eigenvalue weighted by atomic mass is 9.93. The monoisotopic (exact) mass is 197 g/mol. The summed E-state index contributed by atoms with van der Waals surface area (Å²) in [4.78, 5) is 11.6. The van der Waals surface area contributed by atoms with E-state index in [0.717, 1.165) is 0 Å². The normalized spacial score (nSPS) is 11.4. The summed E-state index contributed by atoms with van der Waals surface area (Å²) in [5, 5.41) is 6.29. The summed E-state index contributed by atoms with van der Waals surface area (Å²) in [6, 6.07) is 1.66. The van der Waals surface area contributed by atoms with Crippen molar-refractivity contribution < 1.29 is 9.32 Å². The van der Waals surface area contributed by atoms with Crippen LogP contribution in [0.5, 0.6) is 0 Å². The Morgan fingerprint density at radius 2 is 2.36 bits per heavy atom. The molecule has 1 heterocycles. The Bertz CT molecular complexity index is 331. The fourth-order valence-corrected chi connectivity index (χ4v) is 0.804. The van der Waals surface area contributed by atoms with Crippen LogP contribution in [-0.2, 0) is 4.79 Å². The van der Waals surface area contributed by atoms with Crippen LogP contribution in [0.4, 0.5) is 5.82 Å². The molecule has 0 radical (unpaired) electrons. The highest BCUT2D eigenvalue weighted by Crippen LogP contribution is 2.16. The number of carbonyl (C=O) groups excluding carboxylic acids is 1. The molecule has 1 amide bonds. The van der Waals surface area contributed by atoms with E-state index in [0.29, 0.717) is 11.6 Å². The number of nitrogens with two attached hydrogens (primary N) is 1. The predicted octanol–water partition coefficient (Wildman–Crippen LogP) is 0.906. The molecule has 0 fully saturated rings. The molecule has 0 aliphatic rings. The van der Waals surface area contributed by atoms with Gasteiger partial charge in [0.05, 0.1) is 5.41 Å². The number of hydrogen-bond acceptors (Lipinski definition) is 4. The molecule has 0 saturated heterocycles. The molecule has 14 heavy (non-hydrogen) atoms. The van der Waals surface area contributed by atoms with Crippen LogP contribution >= 0.6 is 0 Å². The van der Waals surface area contributed by atoms with Gasteiger partial charge in [0.1, 0.15) is 5.76 Å². The summed E-state index contributed by atoms with van der Waals surface area (Å²) in [5.74, 6) is 0.924. The topological polar surface area (TPSA) is 81.2 Å². The smallest absolute Gasteiger partial charge is 0.232 e. The van der Waals surface area contributed by atoms with Gasteiger partial charge in [-0.25, -0.2) is 0 Å². The second-order valence-electron chi connectivity index (χ2n) is 3.86. The zero-order chi connectivity index (χ0) is 10.8.